The molecule has 3 heterocycles. The zero-order chi connectivity index (χ0) is 38.7. The van der Waals surface area contributed by atoms with E-state index in [1.54, 1.807) is 45.2 Å². The van der Waals surface area contributed by atoms with Gasteiger partial charge in [-0.1, -0.05) is 56.2 Å². The van der Waals surface area contributed by atoms with E-state index in [-0.39, 0.29) is 34.9 Å². The van der Waals surface area contributed by atoms with Gasteiger partial charge in [0.25, 0.3) is 0 Å². The predicted octanol–water partition coefficient (Wildman–Crippen LogP) is 4.61. The molecule has 1 aromatic rings. The Bertz CT molecular complexity index is 1580. The van der Waals surface area contributed by atoms with E-state index in [0.29, 0.717) is 24.3 Å². The van der Waals surface area contributed by atoms with Crippen molar-refractivity contribution in [3.8, 4) is 5.75 Å². The van der Waals surface area contributed by atoms with Gasteiger partial charge in [-0.2, -0.15) is 12.6 Å². The number of epoxide rings is 1. The van der Waals surface area contributed by atoms with Gasteiger partial charge >= 0.3 is 12.1 Å². The van der Waals surface area contributed by atoms with E-state index in [4.69, 9.17) is 35.3 Å². The molecule has 0 saturated carbocycles. The molecule has 3 aliphatic heterocycles. The van der Waals surface area contributed by atoms with Gasteiger partial charge in [-0.3, -0.25) is 14.9 Å². The zero-order valence-corrected chi connectivity index (χ0v) is 33.0. The maximum atomic E-state index is 14.0. The number of rotatable bonds is 8. The summed E-state index contributed by atoms with van der Waals surface area (Å²) in [5, 5.41) is 14.4. The van der Waals surface area contributed by atoms with Crippen molar-refractivity contribution >= 4 is 53.8 Å². The van der Waals surface area contributed by atoms with Gasteiger partial charge in [0.05, 0.1) is 25.3 Å². The van der Waals surface area contributed by atoms with E-state index in [0.717, 1.165) is 11.1 Å². The highest BCUT2D eigenvalue weighted by Gasteiger charge is 2.56. The number of ether oxygens (including phenoxy) is 5. The first-order valence-corrected chi connectivity index (χ1v) is 18.2. The lowest BCUT2D eigenvalue weighted by Crippen LogP contribution is -2.63. The van der Waals surface area contributed by atoms with Crippen LogP contribution in [0.5, 0.6) is 5.75 Å². The topological polar surface area (TPSA) is 156 Å². The first-order valence-electron chi connectivity index (χ1n) is 17.3. The number of fused-ring (bicyclic) bond motifs is 5. The number of carbonyl (C=O) groups is 4. The largest absolute Gasteiger partial charge is 0.495 e. The first-order chi connectivity index (χ1) is 24.3. The van der Waals surface area contributed by atoms with E-state index in [1.807, 2.05) is 26.8 Å². The van der Waals surface area contributed by atoms with E-state index < -0.39 is 66.2 Å². The lowest BCUT2D eigenvalue weighted by atomic mass is 9.87. The minimum absolute atomic E-state index is 0.0404. The molecular weight excluding hydrogens is 714 g/mol. The zero-order valence-electron chi connectivity index (χ0n) is 31.3. The second-order valence-corrected chi connectivity index (χ2v) is 16.2. The number of likely N-dealkylation sites (N-methyl/N-ethyl adjacent to an activating group) is 1. The number of aliphatic hydroxyl groups is 1. The van der Waals surface area contributed by atoms with Crippen molar-refractivity contribution in [3.63, 3.8) is 0 Å². The van der Waals surface area contributed by atoms with Crippen molar-refractivity contribution in [3.05, 3.63) is 46.5 Å². The summed E-state index contributed by atoms with van der Waals surface area (Å²) in [5.74, 6) is -1.52. The number of carbonyl (C=O) groups excluding carboxylic acids is 4. The Kier molecular flexibility index (Phi) is 13.4. The number of nitrogens with zero attached hydrogens (tertiary/aromatic N) is 2. The van der Waals surface area contributed by atoms with Crippen LogP contribution in [0.1, 0.15) is 65.9 Å². The van der Waals surface area contributed by atoms with Gasteiger partial charge in [0.15, 0.2) is 5.72 Å². The summed E-state index contributed by atoms with van der Waals surface area (Å²) in [6.07, 6.45) is 1.03. The highest BCUT2D eigenvalue weighted by Crippen LogP contribution is 2.41. The van der Waals surface area contributed by atoms with E-state index >= 15 is 0 Å². The SMILES string of the molecule is COc1cc2cc(c1Cl)N(C)C(=O)C[C@H](OC(=O)C(C)N(C)C(=O)CCC(C)(C)S)C1OC1[C@H](C)C1CC(O)(NC(=O)O1)[C@H](OC)/C=C/C=C(\C)C2. The maximum absolute atomic E-state index is 14.0. The molecule has 3 aliphatic rings. The summed E-state index contributed by atoms with van der Waals surface area (Å²) in [5.41, 5.74) is 0.321. The number of hydrogen-bond acceptors (Lipinski definition) is 11. The van der Waals surface area contributed by atoms with Crippen molar-refractivity contribution in [1.82, 2.24) is 10.2 Å². The second-order valence-electron chi connectivity index (χ2n) is 14.6. The number of benzene rings is 1. The fraction of sp³-hybridized carbons (Fsp3) is 0.622. The number of hydrogen-bond donors (Lipinski definition) is 3. The van der Waals surface area contributed by atoms with Crippen molar-refractivity contribution < 1.29 is 48.0 Å². The summed E-state index contributed by atoms with van der Waals surface area (Å²) < 4.78 is 28.5. The third-order valence-corrected chi connectivity index (χ3v) is 10.5. The molecule has 15 heteroatoms. The standard InChI is InChI=1S/C37H52ClN3O10S/c1-20-11-10-12-28(48-9)37(46)19-27(50-35(45)39-37)21(2)32-33(51-32)26(49-34(44)22(3)40(6)29(42)13-14-36(4,5)52)18-30(43)41(7)24-16-23(15-20)17-25(47-8)31(24)38/h10-12,16-17,21-22,26-28,32-33,46,52H,13-15,18-19H2,1-9H3,(H,39,45)/b12-10+,20-11+/t21-,22?,26+,27?,28-,32?,33?,37?/m1/s1. The molecule has 52 heavy (non-hydrogen) atoms. The van der Waals surface area contributed by atoms with Crippen LogP contribution in [0.4, 0.5) is 10.5 Å². The Hall–Kier alpha value is -3.30. The Morgan fingerprint density at radius 3 is 2.58 bits per heavy atom. The molecule has 4 bridgehead atoms. The predicted molar refractivity (Wildman–Crippen MR) is 199 cm³/mol. The van der Waals surface area contributed by atoms with Gasteiger partial charge in [-0.15, -0.1) is 0 Å². The molecule has 288 valence electrons. The lowest BCUT2D eigenvalue weighted by molar-refractivity contribution is -0.159. The lowest BCUT2D eigenvalue weighted by Gasteiger charge is -2.41. The minimum Gasteiger partial charge on any atom is -0.495 e. The number of halogens is 1. The average Bonchev–Trinajstić information content (AvgIpc) is 3.87. The Morgan fingerprint density at radius 1 is 1.25 bits per heavy atom. The average molecular weight is 766 g/mol. The van der Waals surface area contributed by atoms with Gasteiger partial charge in [-0.05, 0) is 44.4 Å². The summed E-state index contributed by atoms with van der Waals surface area (Å²) in [4.78, 5) is 56.0. The molecule has 1 aromatic carbocycles. The van der Waals surface area contributed by atoms with Crippen LogP contribution in [0.3, 0.4) is 0 Å². The fourth-order valence-electron chi connectivity index (χ4n) is 6.44. The van der Waals surface area contributed by atoms with Crippen LogP contribution in [-0.2, 0) is 39.8 Å². The molecule has 5 unspecified atom stereocenters. The van der Waals surface area contributed by atoms with Crippen LogP contribution < -0.4 is 15.0 Å². The van der Waals surface area contributed by atoms with Crippen LogP contribution in [0.2, 0.25) is 5.02 Å². The molecular formula is C37H52ClN3O10S. The molecule has 2 fully saturated rings. The quantitative estimate of drug-likeness (QED) is 0.194. The minimum atomic E-state index is -1.81. The second kappa shape index (κ2) is 16.8. The number of thiol groups is 1. The molecule has 3 amide bonds. The molecule has 0 aromatic heterocycles. The highest BCUT2D eigenvalue weighted by molar-refractivity contribution is 7.81. The van der Waals surface area contributed by atoms with E-state index in [9.17, 15) is 24.3 Å². The van der Waals surface area contributed by atoms with Crippen LogP contribution in [0.25, 0.3) is 0 Å². The van der Waals surface area contributed by atoms with Crippen LogP contribution >= 0.6 is 24.2 Å². The summed E-state index contributed by atoms with van der Waals surface area (Å²) in [6, 6.07) is 2.61. The molecule has 0 spiro atoms. The van der Waals surface area contributed by atoms with E-state index in [1.165, 1.54) is 31.1 Å². The highest BCUT2D eigenvalue weighted by atomic mass is 35.5. The molecule has 4 rings (SSSR count). The number of nitrogens with one attached hydrogen (secondary N) is 1. The van der Waals surface area contributed by atoms with Gasteiger partial charge in [0.2, 0.25) is 11.8 Å². The summed E-state index contributed by atoms with van der Waals surface area (Å²) in [7, 11) is 6.02. The fourth-order valence-corrected chi connectivity index (χ4v) is 6.87. The third kappa shape index (κ3) is 10.0. The van der Waals surface area contributed by atoms with Crippen LogP contribution in [0, 0.1) is 5.92 Å². The monoisotopic (exact) mass is 765 g/mol. The van der Waals surface area contributed by atoms with E-state index in [2.05, 4.69) is 17.9 Å². The number of methoxy groups -OCH3 is 2. The Balaban J connectivity index is 1.70. The molecule has 2 N–H and O–H groups in total. The number of alkyl carbamates (subject to hydrolysis) is 1. The van der Waals surface area contributed by atoms with Gasteiger partial charge in [0.1, 0.15) is 41.2 Å². The molecule has 8 atom stereocenters. The Labute approximate surface area is 316 Å². The summed E-state index contributed by atoms with van der Waals surface area (Å²) >= 11 is 11.2. The summed E-state index contributed by atoms with van der Waals surface area (Å²) in [6.45, 7) is 9.08. The van der Waals surface area contributed by atoms with Gasteiger partial charge in [-0.25, -0.2) is 9.59 Å². The first kappa shape index (κ1) is 41.5. The number of esters is 1. The number of anilines is 1. The van der Waals surface area contributed by atoms with Crippen molar-refractivity contribution in [2.45, 2.75) is 114 Å². The smallest absolute Gasteiger partial charge is 0.409 e. The van der Waals surface area contributed by atoms with Gasteiger partial charge < -0.3 is 38.6 Å². The van der Waals surface area contributed by atoms with Crippen molar-refractivity contribution in [1.29, 1.82) is 0 Å². The Morgan fingerprint density at radius 2 is 1.94 bits per heavy atom. The normalized spacial score (nSPS) is 30.5. The maximum Gasteiger partial charge on any atom is 0.409 e. The molecule has 2 saturated heterocycles. The van der Waals surface area contributed by atoms with Gasteiger partial charge in [0, 0.05) is 44.7 Å². The van der Waals surface area contributed by atoms with Crippen LogP contribution in [0.15, 0.2) is 35.9 Å². The van der Waals surface area contributed by atoms with Crippen molar-refractivity contribution in [2.24, 2.45) is 5.92 Å². The third-order valence-electron chi connectivity index (χ3n) is 9.94. The molecule has 0 aliphatic carbocycles. The molecule has 0 radical (unpaired) electrons. The van der Waals surface area contributed by atoms with Crippen molar-refractivity contribution in [2.75, 3.05) is 33.2 Å². The number of amides is 3. The number of allylic oxidation sites excluding steroid dienone is 3. The molecule has 13 nitrogen and oxygen atoms in total. The van der Waals surface area contributed by atoms with Crippen LogP contribution in [-0.4, -0.2) is 109 Å².